The quantitative estimate of drug-likeness (QED) is 0.472. The molecule has 0 aliphatic carbocycles. The molecule has 0 aliphatic rings. The van der Waals surface area contributed by atoms with Crippen molar-refractivity contribution in [2.75, 3.05) is 13.2 Å². The molecule has 1 amide bonds. The number of fused-ring (bicyclic) bond motifs is 1. The van der Waals surface area contributed by atoms with Crippen molar-refractivity contribution in [1.82, 2.24) is 10.3 Å². The number of aryl methyl sites for hydroxylation is 3. The number of aliphatic hydroxyl groups excluding tert-OH is 2. The van der Waals surface area contributed by atoms with Crippen molar-refractivity contribution in [3.05, 3.63) is 69.4 Å². The maximum absolute atomic E-state index is 12.3. The van der Waals surface area contributed by atoms with Gasteiger partial charge in [-0.15, -0.1) is 0 Å². The third-order valence-electron chi connectivity index (χ3n) is 4.72. The van der Waals surface area contributed by atoms with Gasteiger partial charge in [-0.1, -0.05) is 18.2 Å². The van der Waals surface area contributed by atoms with Crippen molar-refractivity contribution < 1.29 is 19.4 Å². The molecular formula is C21H24N2O5. The largest absolute Gasteiger partial charge is 0.427 e. The van der Waals surface area contributed by atoms with E-state index in [-0.39, 0.29) is 25.1 Å². The second-order valence-electron chi connectivity index (χ2n) is 6.80. The highest BCUT2D eigenvalue weighted by atomic mass is 16.4. The number of aliphatic hydroxyl groups is 2. The van der Waals surface area contributed by atoms with Gasteiger partial charge in [0.15, 0.2) is 0 Å². The molecule has 7 nitrogen and oxygen atoms in total. The van der Waals surface area contributed by atoms with Crippen molar-refractivity contribution in [1.29, 1.82) is 0 Å². The van der Waals surface area contributed by atoms with E-state index in [2.05, 4.69) is 10.3 Å². The Morgan fingerprint density at radius 2 is 2.07 bits per heavy atom. The lowest BCUT2D eigenvalue weighted by atomic mass is 10.1. The number of carbonyl (C=O) groups is 1. The lowest BCUT2D eigenvalue weighted by molar-refractivity contribution is 0.0832. The second kappa shape index (κ2) is 8.86. The average Bonchev–Trinajstić information content (AvgIpc) is 3.09. The summed E-state index contributed by atoms with van der Waals surface area (Å²) in [5, 5.41) is 21.8. The topological polar surface area (TPSA) is 116 Å². The molecule has 148 valence electrons. The Bertz CT molecular complexity index is 1020. The number of benzene rings is 1. The van der Waals surface area contributed by atoms with Gasteiger partial charge in [0, 0.05) is 30.1 Å². The first-order valence-corrected chi connectivity index (χ1v) is 9.25. The molecule has 0 fully saturated rings. The summed E-state index contributed by atoms with van der Waals surface area (Å²) in [7, 11) is 0. The number of para-hydroxylation sites is 1. The second-order valence-corrected chi connectivity index (χ2v) is 6.80. The number of rotatable bonds is 8. The van der Waals surface area contributed by atoms with Gasteiger partial charge in [-0.05, 0) is 43.0 Å². The van der Waals surface area contributed by atoms with E-state index in [1.54, 1.807) is 13.0 Å². The molecule has 0 saturated carbocycles. The summed E-state index contributed by atoms with van der Waals surface area (Å²) in [4.78, 5) is 27.8. The van der Waals surface area contributed by atoms with Crippen molar-refractivity contribution in [3.8, 4) is 0 Å². The molecule has 0 radical (unpaired) electrons. The van der Waals surface area contributed by atoms with E-state index in [0.29, 0.717) is 24.2 Å². The first kappa shape index (κ1) is 19.9. The van der Waals surface area contributed by atoms with Crippen molar-refractivity contribution in [2.45, 2.75) is 32.3 Å². The van der Waals surface area contributed by atoms with Crippen LogP contribution in [0.3, 0.4) is 0 Å². The molecule has 2 aromatic heterocycles. The van der Waals surface area contributed by atoms with E-state index in [4.69, 9.17) is 9.52 Å². The summed E-state index contributed by atoms with van der Waals surface area (Å²) in [5.41, 5.74) is 2.04. The number of amides is 1. The zero-order chi connectivity index (χ0) is 20.1. The molecule has 7 heteroatoms. The predicted octanol–water partition coefficient (Wildman–Crippen LogP) is 1.69. The van der Waals surface area contributed by atoms with Crippen LogP contribution in [0, 0.1) is 6.92 Å². The van der Waals surface area contributed by atoms with Crippen molar-refractivity contribution in [3.63, 3.8) is 0 Å². The van der Waals surface area contributed by atoms with Crippen LogP contribution in [0.5, 0.6) is 0 Å². The Labute approximate surface area is 162 Å². The smallest absolute Gasteiger partial charge is 0.349 e. The Balaban J connectivity index is 1.67. The van der Waals surface area contributed by atoms with E-state index >= 15 is 0 Å². The van der Waals surface area contributed by atoms with E-state index in [1.807, 2.05) is 30.5 Å². The first-order valence-electron chi connectivity index (χ1n) is 9.25. The van der Waals surface area contributed by atoms with Crippen molar-refractivity contribution in [2.24, 2.45) is 0 Å². The van der Waals surface area contributed by atoms with Gasteiger partial charge in [-0.2, -0.15) is 0 Å². The third kappa shape index (κ3) is 4.49. The Hall–Kier alpha value is -2.90. The molecule has 4 N–H and O–H groups in total. The van der Waals surface area contributed by atoms with Gasteiger partial charge in [0.1, 0.15) is 11.3 Å². The highest BCUT2D eigenvalue weighted by Gasteiger charge is 2.17. The van der Waals surface area contributed by atoms with Crippen LogP contribution < -0.4 is 10.9 Å². The Morgan fingerprint density at radius 1 is 1.29 bits per heavy atom. The van der Waals surface area contributed by atoms with Crippen LogP contribution in [0.25, 0.3) is 10.9 Å². The molecule has 0 spiro atoms. The molecule has 2 heterocycles. The predicted molar refractivity (Wildman–Crippen MR) is 105 cm³/mol. The molecule has 28 heavy (non-hydrogen) atoms. The number of aromatic nitrogens is 1. The van der Waals surface area contributed by atoms with Crippen LogP contribution in [0.2, 0.25) is 0 Å². The number of hydrogen-bond acceptors (Lipinski definition) is 5. The summed E-state index contributed by atoms with van der Waals surface area (Å²) in [5.74, 6) is -0.0143. The molecule has 1 unspecified atom stereocenters. The van der Waals surface area contributed by atoms with Crippen LogP contribution in [0.4, 0.5) is 0 Å². The third-order valence-corrected chi connectivity index (χ3v) is 4.72. The minimum atomic E-state index is -0.898. The van der Waals surface area contributed by atoms with Crippen LogP contribution >= 0.6 is 0 Å². The van der Waals surface area contributed by atoms with Gasteiger partial charge in [0.2, 0.25) is 0 Å². The van der Waals surface area contributed by atoms with Crippen molar-refractivity contribution >= 4 is 16.8 Å². The SMILES string of the molecule is Cc1cc(CCc2c[nH]c3ccccc23)oc(=O)c1C(=O)NCCC(O)CO. The van der Waals surface area contributed by atoms with E-state index in [1.165, 1.54) is 0 Å². The fourth-order valence-electron chi connectivity index (χ4n) is 3.20. The lowest BCUT2D eigenvalue weighted by Gasteiger charge is -2.10. The van der Waals surface area contributed by atoms with Gasteiger partial charge in [-0.3, -0.25) is 4.79 Å². The zero-order valence-corrected chi connectivity index (χ0v) is 15.7. The number of hydrogen-bond donors (Lipinski definition) is 4. The number of aromatic amines is 1. The summed E-state index contributed by atoms with van der Waals surface area (Å²) in [6.07, 6.45) is 2.51. The molecule has 0 bridgehead atoms. The lowest BCUT2D eigenvalue weighted by Crippen LogP contribution is -2.32. The minimum Gasteiger partial charge on any atom is -0.427 e. The number of H-pyrrole nitrogens is 1. The minimum absolute atomic E-state index is 0.0330. The Morgan fingerprint density at radius 3 is 2.82 bits per heavy atom. The Kier molecular flexibility index (Phi) is 6.28. The monoisotopic (exact) mass is 384 g/mol. The first-order chi connectivity index (χ1) is 13.5. The summed E-state index contributed by atoms with van der Waals surface area (Å²) in [6, 6.07) is 9.73. The summed E-state index contributed by atoms with van der Waals surface area (Å²) in [6.45, 7) is 1.48. The van der Waals surface area contributed by atoms with E-state index in [9.17, 15) is 14.7 Å². The molecule has 1 aromatic carbocycles. The molecular weight excluding hydrogens is 360 g/mol. The van der Waals surface area contributed by atoms with Gasteiger partial charge in [0.05, 0.1) is 12.7 Å². The highest BCUT2D eigenvalue weighted by Crippen LogP contribution is 2.19. The molecule has 0 saturated heterocycles. The molecule has 3 rings (SSSR count). The van der Waals surface area contributed by atoms with Gasteiger partial charge in [0.25, 0.3) is 5.91 Å². The van der Waals surface area contributed by atoms with Crippen LogP contribution in [-0.2, 0) is 12.8 Å². The average molecular weight is 384 g/mol. The zero-order valence-electron chi connectivity index (χ0n) is 15.7. The van der Waals surface area contributed by atoms with Gasteiger partial charge in [-0.25, -0.2) is 4.79 Å². The number of carbonyl (C=O) groups excluding carboxylic acids is 1. The van der Waals surface area contributed by atoms with Crippen LogP contribution in [-0.4, -0.2) is 40.4 Å². The van der Waals surface area contributed by atoms with Gasteiger partial charge >= 0.3 is 5.63 Å². The van der Waals surface area contributed by atoms with E-state index in [0.717, 1.165) is 16.5 Å². The van der Waals surface area contributed by atoms with Crippen LogP contribution in [0.1, 0.15) is 33.7 Å². The maximum atomic E-state index is 12.3. The molecule has 0 aliphatic heterocycles. The maximum Gasteiger partial charge on any atom is 0.349 e. The van der Waals surface area contributed by atoms with E-state index < -0.39 is 17.6 Å². The standard InChI is InChI=1S/C21H24N2O5/c1-13-10-16(7-6-14-11-23-18-5-3-2-4-17(14)18)28-21(27)19(13)20(26)22-9-8-15(25)12-24/h2-5,10-11,15,23-25H,6-9,12H2,1H3,(H,22,26). The van der Waals surface area contributed by atoms with Crippen LogP contribution in [0.15, 0.2) is 45.7 Å². The normalized spacial score (nSPS) is 12.2. The summed E-state index contributed by atoms with van der Waals surface area (Å²) >= 11 is 0. The molecule has 3 aromatic rings. The van der Waals surface area contributed by atoms with Gasteiger partial charge < -0.3 is 24.9 Å². The highest BCUT2D eigenvalue weighted by molar-refractivity contribution is 5.95. The fraction of sp³-hybridized carbons (Fsp3) is 0.333. The fourth-order valence-corrected chi connectivity index (χ4v) is 3.20. The molecule has 1 atom stereocenters. The summed E-state index contributed by atoms with van der Waals surface area (Å²) < 4.78 is 5.35. The number of nitrogens with one attached hydrogen (secondary N) is 2.